The molecule has 0 radical (unpaired) electrons. The molecular formula is C13H20ClNO2. The summed E-state index contributed by atoms with van der Waals surface area (Å²) in [5.74, 6) is 0. The summed E-state index contributed by atoms with van der Waals surface area (Å²) in [6.07, 6.45) is 0.610. The Bertz CT molecular complexity index is 342. The van der Waals surface area contributed by atoms with Crippen LogP contribution >= 0.6 is 11.6 Å². The molecule has 0 bridgehead atoms. The molecule has 3 nitrogen and oxygen atoms in total. The lowest BCUT2D eigenvalue weighted by molar-refractivity contribution is 0.0247. The molecule has 4 heteroatoms. The minimum atomic E-state index is -0.753. The number of aliphatic hydroxyl groups is 1. The Labute approximate surface area is 108 Å². The van der Waals surface area contributed by atoms with E-state index in [2.05, 4.69) is 5.32 Å². The predicted molar refractivity (Wildman–Crippen MR) is 70.3 cm³/mol. The zero-order chi connectivity index (χ0) is 12.7. The maximum Gasteiger partial charge on any atom is 0.0765 e. The lowest BCUT2D eigenvalue weighted by Gasteiger charge is -2.23. The van der Waals surface area contributed by atoms with Crippen LogP contribution in [0.25, 0.3) is 0 Å². The van der Waals surface area contributed by atoms with E-state index in [1.165, 1.54) is 0 Å². The first-order chi connectivity index (χ1) is 8.05. The summed E-state index contributed by atoms with van der Waals surface area (Å²) in [7, 11) is 1.63. The molecule has 0 amide bonds. The fourth-order valence-corrected chi connectivity index (χ4v) is 1.72. The molecule has 1 atom stereocenters. The quantitative estimate of drug-likeness (QED) is 0.787. The van der Waals surface area contributed by atoms with Crippen molar-refractivity contribution in [3.05, 3.63) is 34.9 Å². The van der Waals surface area contributed by atoms with E-state index in [0.717, 1.165) is 10.6 Å². The average Bonchev–Trinajstić information content (AvgIpc) is 2.29. The monoisotopic (exact) mass is 257 g/mol. The van der Waals surface area contributed by atoms with Gasteiger partial charge in [-0.25, -0.2) is 0 Å². The van der Waals surface area contributed by atoms with E-state index < -0.39 is 5.60 Å². The van der Waals surface area contributed by atoms with Gasteiger partial charge in [0, 0.05) is 38.2 Å². The molecule has 2 N–H and O–H groups in total. The average molecular weight is 258 g/mol. The van der Waals surface area contributed by atoms with Crippen LogP contribution in [0.4, 0.5) is 0 Å². The van der Waals surface area contributed by atoms with Gasteiger partial charge >= 0.3 is 0 Å². The summed E-state index contributed by atoms with van der Waals surface area (Å²) >= 11 is 6.04. The number of hydrogen-bond acceptors (Lipinski definition) is 3. The Kier molecular flexibility index (Phi) is 5.92. The van der Waals surface area contributed by atoms with Crippen LogP contribution in [0, 0.1) is 0 Å². The Morgan fingerprint density at radius 2 is 2.12 bits per heavy atom. The number of rotatable bonds is 7. The molecule has 0 aliphatic heterocycles. The number of methoxy groups -OCH3 is 1. The standard InChI is InChI=1S/C13H20ClNO2/c1-13(16,7-8-17-2)10-15-9-11-5-3-4-6-12(11)14/h3-6,15-16H,7-10H2,1-2H3. The molecule has 0 aromatic heterocycles. The number of hydrogen-bond donors (Lipinski definition) is 2. The van der Waals surface area contributed by atoms with Crippen molar-refractivity contribution in [3.63, 3.8) is 0 Å². The fraction of sp³-hybridized carbons (Fsp3) is 0.538. The molecule has 0 fully saturated rings. The molecule has 0 saturated heterocycles. The maximum absolute atomic E-state index is 10.0. The van der Waals surface area contributed by atoms with E-state index in [4.69, 9.17) is 16.3 Å². The molecular weight excluding hydrogens is 238 g/mol. The molecule has 1 unspecified atom stereocenters. The first kappa shape index (κ1) is 14.5. The highest BCUT2D eigenvalue weighted by Crippen LogP contribution is 2.15. The summed E-state index contributed by atoms with van der Waals surface area (Å²) in [5.41, 5.74) is 0.286. The second-order valence-corrected chi connectivity index (χ2v) is 4.84. The lowest BCUT2D eigenvalue weighted by Crippen LogP contribution is -2.38. The van der Waals surface area contributed by atoms with Gasteiger partial charge in [0.25, 0.3) is 0 Å². The zero-order valence-electron chi connectivity index (χ0n) is 10.4. The second kappa shape index (κ2) is 6.97. The van der Waals surface area contributed by atoms with Gasteiger partial charge in [-0.15, -0.1) is 0 Å². The summed E-state index contributed by atoms with van der Waals surface area (Å²) in [6, 6.07) is 7.69. The molecule has 0 saturated carbocycles. The number of halogens is 1. The zero-order valence-corrected chi connectivity index (χ0v) is 11.1. The van der Waals surface area contributed by atoms with Crippen LogP contribution in [0.3, 0.4) is 0 Å². The lowest BCUT2D eigenvalue weighted by atomic mass is 10.0. The molecule has 1 rings (SSSR count). The minimum absolute atomic E-state index is 0.515. The van der Waals surface area contributed by atoms with Crippen molar-refractivity contribution >= 4 is 11.6 Å². The van der Waals surface area contributed by atoms with Crippen LogP contribution < -0.4 is 5.32 Å². The van der Waals surface area contributed by atoms with Crippen LogP contribution in [0.1, 0.15) is 18.9 Å². The number of nitrogens with one attached hydrogen (secondary N) is 1. The van der Waals surface area contributed by atoms with Gasteiger partial charge in [0.05, 0.1) is 5.60 Å². The van der Waals surface area contributed by atoms with Crippen molar-refractivity contribution in [3.8, 4) is 0 Å². The summed E-state index contributed by atoms with van der Waals surface area (Å²) in [6.45, 7) is 3.52. The highest BCUT2D eigenvalue weighted by atomic mass is 35.5. The summed E-state index contributed by atoms with van der Waals surface area (Å²) < 4.78 is 4.95. The first-order valence-electron chi connectivity index (χ1n) is 5.70. The van der Waals surface area contributed by atoms with Gasteiger partial charge in [0.2, 0.25) is 0 Å². The third-order valence-corrected chi connectivity index (χ3v) is 2.99. The SMILES string of the molecule is COCCC(C)(O)CNCc1ccccc1Cl. The topological polar surface area (TPSA) is 41.5 Å². The molecule has 96 valence electrons. The minimum Gasteiger partial charge on any atom is -0.389 e. The molecule has 0 heterocycles. The van der Waals surface area contributed by atoms with Gasteiger partial charge in [-0.05, 0) is 18.6 Å². The third-order valence-electron chi connectivity index (χ3n) is 2.62. The van der Waals surface area contributed by atoms with Crippen molar-refractivity contribution in [2.75, 3.05) is 20.3 Å². The Morgan fingerprint density at radius 1 is 1.41 bits per heavy atom. The smallest absolute Gasteiger partial charge is 0.0765 e. The van der Waals surface area contributed by atoms with Crippen molar-refractivity contribution in [1.29, 1.82) is 0 Å². The van der Waals surface area contributed by atoms with Gasteiger partial charge in [0.1, 0.15) is 0 Å². The molecule has 1 aromatic carbocycles. The Balaban J connectivity index is 2.35. The van der Waals surface area contributed by atoms with E-state index in [1.54, 1.807) is 14.0 Å². The van der Waals surface area contributed by atoms with Crippen molar-refractivity contribution in [1.82, 2.24) is 5.32 Å². The maximum atomic E-state index is 10.0. The largest absolute Gasteiger partial charge is 0.389 e. The van der Waals surface area contributed by atoms with E-state index in [-0.39, 0.29) is 0 Å². The van der Waals surface area contributed by atoms with Gasteiger partial charge in [-0.2, -0.15) is 0 Å². The van der Waals surface area contributed by atoms with E-state index in [9.17, 15) is 5.11 Å². The number of ether oxygens (including phenoxy) is 1. The van der Waals surface area contributed by atoms with E-state index in [1.807, 2.05) is 24.3 Å². The van der Waals surface area contributed by atoms with Crippen LogP contribution in [0.15, 0.2) is 24.3 Å². The van der Waals surface area contributed by atoms with Gasteiger partial charge in [0.15, 0.2) is 0 Å². The van der Waals surface area contributed by atoms with Gasteiger partial charge in [-0.3, -0.25) is 0 Å². The second-order valence-electron chi connectivity index (χ2n) is 4.43. The normalized spacial score (nSPS) is 14.6. The predicted octanol–water partition coefficient (Wildman–Crippen LogP) is 2.22. The molecule has 17 heavy (non-hydrogen) atoms. The van der Waals surface area contributed by atoms with E-state index in [0.29, 0.717) is 26.1 Å². The highest BCUT2D eigenvalue weighted by molar-refractivity contribution is 6.31. The van der Waals surface area contributed by atoms with Crippen molar-refractivity contribution in [2.45, 2.75) is 25.5 Å². The highest BCUT2D eigenvalue weighted by Gasteiger charge is 2.19. The Morgan fingerprint density at radius 3 is 2.76 bits per heavy atom. The van der Waals surface area contributed by atoms with Crippen LogP contribution in [0.2, 0.25) is 5.02 Å². The van der Waals surface area contributed by atoms with Crippen LogP contribution in [0.5, 0.6) is 0 Å². The molecule has 0 spiro atoms. The van der Waals surface area contributed by atoms with Crippen molar-refractivity contribution < 1.29 is 9.84 Å². The summed E-state index contributed by atoms with van der Waals surface area (Å²) in [5, 5.41) is 14.0. The van der Waals surface area contributed by atoms with Gasteiger partial charge < -0.3 is 15.2 Å². The molecule has 0 aliphatic carbocycles. The Hall–Kier alpha value is -0.610. The molecule has 1 aromatic rings. The van der Waals surface area contributed by atoms with Crippen LogP contribution in [-0.4, -0.2) is 31.0 Å². The third kappa shape index (κ3) is 5.50. The van der Waals surface area contributed by atoms with E-state index >= 15 is 0 Å². The van der Waals surface area contributed by atoms with Gasteiger partial charge in [-0.1, -0.05) is 29.8 Å². The first-order valence-corrected chi connectivity index (χ1v) is 6.08. The number of benzene rings is 1. The fourth-order valence-electron chi connectivity index (χ4n) is 1.52. The molecule has 0 aliphatic rings. The van der Waals surface area contributed by atoms with Crippen LogP contribution in [-0.2, 0) is 11.3 Å². The summed E-state index contributed by atoms with van der Waals surface area (Å²) in [4.78, 5) is 0. The van der Waals surface area contributed by atoms with Crippen molar-refractivity contribution in [2.24, 2.45) is 0 Å².